The zero-order valence-electron chi connectivity index (χ0n) is 11.8. The summed E-state index contributed by atoms with van der Waals surface area (Å²) in [4.78, 5) is 11.4. The van der Waals surface area contributed by atoms with Gasteiger partial charge in [-0.2, -0.15) is 0 Å². The van der Waals surface area contributed by atoms with Gasteiger partial charge in [0.15, 0.2) is 0 Å². The van der Waals surface area contributed by atoms with Gasteiger partial charge in [0, 0.05) is 25.3 Å². The van der Waals surface area contributed by atoms with Crippen molar-refractivity contribution in [2.45, 2.75) is 39.8 Å². The maximum atomic E-state index is 4.71. The van der Waals surface area contributed by atoms with Crippen molar-refractivity contribution in [3.8, 4) is 0 Å². The van der Waals surface area contributed by atoms with E-state index in [0.717, 1.165) is 30.5 Å². The van der Waals surface area contributed by atoms with E-state index < -0.39 is 0 Å². The summed E-state index contributed by atoms with van der Waals surface area (Å²) in [5.74, 6) is 2.46. The molecular weight excluding hydrogens is 224 g/mol. The number of nitrogens with one attached hydrogen (secondary N) is 1. The minimum atomic E-state index is 0.542. The summed E-state index contributed by atoms with van der Waals surface area (Å²) >= 11 is 0. The number of rotatable bonds is 3. The first-order chi connectivity index (χ1) is 8.61. The molecule has 3 unspecified atom stereocenters. The van der Waals surface area contributed by atoms with Gasteiger partial charge in [-0.3, -0.25) is 4.98 Å². The first-order valence-corrected chi connectivity index (χ1v) is 6.84. The molecule has 0 saturated carbocycles. The van der Waals surface area contributed by atoms with Crippen molar-refractivity contribution < 1.29 is 0 Å². The normalized spacial score (nSPS) is 28.4. The second-order valence-corrected chi connectivity index (χ2v) is 5.61. The van der Waals surface area contributed by atoms with Gasteiger partial charge in [-0.1, -0.05) is 13.8 Å². The Morgan fingerprint density at radius 3 is 2.83 bits per heavy atom. The van der Waals surface area contributed by atoms with Crippen LogP contribution < -0.4 is 10.2 Å². The molecule has 0 spiro atoms. The highest BCUT2D eigenvalue weighted by atomic mass is 15.2. The van der Waals surface area contributed by atoms with Gasteiger partial charge in [0.2, 0.25) is 0 Å². The summed E-state index contributed by atoms with van der Waals surface area (Å²) in [7, 11) is 1.93. The first-order valence-electron chi connectivity index (χ1n) is 6.84. The van der Waals surface area contributed by atoms with E-state index in [9.17, 15) is 0 Å². The van der Waals surface area contributed by atoms with Crippen LogP contribution in [0.15, 0.2) is 12.4 Å². The predicted octanol–water partition coefficient (Wildman–Crippen LogP) is 2.07. The zero-order chi connectivity index (χ0) is 13.1. The van der Waals surface area contributed by atoms with Crippen LogP contribution in [0.4, 0.5) is 5.82 Å². The van der Waals surface area contributed by atoms with Crippen molar-refractivity contribution in [3.63, 3.8) is 0 Å². The van der Waals surface area contributed by atoms with Crippen LogP contribution in [0.3, 0.4) is 0 Å². The van der Waals surface area contributed by atoms with Gasteiger partial charge in [-0.25, -0.2) is 4.98 Å². The molecule has 0 bridgehead atoms. The van der Waals surface area contributed by atoms with E-state index in [1.807, 2.05) is 19.4 Å². The maximum absolute atomic E-state index is 4.71. The van der Waals surface area contributed by atoms with Gasteiger partial charge in [0.05, 0.1) is 11.9 Å². The van der Waals surface area contributed by atoms with Crippen molar-refractivity contribution in [3.05, 3.63) is 18.1 Å². The van der Waals surface area contributed by atoms with E-state index in [1.54, 1.807) is 0 Å². The fourth-order valence-electron chi connectivity index (χ4n) is 2.82. The maximum Gasteiger partial charge on any atom is 0.147 e. The Balaban J connectivity index is 2.20. The Hall–Kier alpha value is -1.16. The van der Waals surface area contributed by atoms with Gasteiger partial charge >= 0.3 is 0 Å². The van der Waals surface area contributed by atoms with Crippen molar-refractivity contribution in [2.75, 3.05) is 18.5 Å². The summed E-state index contributed by atoms with van der Waals surface area (Å²) in [5.41, 5.74) is 1.01. The van der Waals surface area contributed by atoms with Crippen LogP contribution in [0.2, 0.25) is 0 Å². The zero-order valence-corrected chi connectivity index (χ0v) is 11.8. The Labute approximate surface area is 110 Å². The number of anilines is 1. The minimum Gasteiger partial charge on any atom is -0.352 e. The third-order valence-electron chi connectivity index (χ3n) is 3.92. The summed E-state index contributed by atoms with van der Waals surface area (Å²) in [6.45, 7) is 8.80. The number of hydrogen-bond donors (Lipinski definition) is 1. The molecule has 1 aliphatic rings. The van der Waals surface area contributed by atoms with Crippen LogP contribution in [0.25, 0.3) is 0 Å². The second-order valence-electron chi connectivity index (χ2n) is 5.61. The van der Waals surface area contributed by atoms with E-state index in [4.69, 9.17) is 4.98 Å². The predicted molar refractivity (Wildman–Crippen MR) is 74.5 cm³/mol. The third kappa shape index (κ3) is 2.80. The molecule has 3 atom stereocenters. The lowest BCUT2D eigenvalue weighted by atomic mass is 9.86. The molecule has 2 heterocycles. The highest BCUT2D eigenvalue weighted by Crippen LogP contribution is 2.29. The molecule has 0 aliphatic carbocycles. The molecule has 2 rings (SSSR count). The molecule has 1 aromatic rings. The fourth-order valence-corrected chi connectivity index (χ4v) is 2.82. The molecule has 0 amide bonds. The molecule has 1 aliphatic heterocycles. The van der Waals surface area contributed by atoms with Gasteiger partial charge in [0.1, 0.15) is 5.82 Å². The Bertz CT molecular complexity index is 393. The molecule has 18 heavy (non-hydrogen) atoms. The molecular formula is C14H24N4. The lowest BCUT2D eigenvalue weighted by Gasteiger charge is -2.41. The second kappa shape index (κ2) is 5.65. The van der Waals surface area contributed by atoms with Crippen molar-refractivity contribution in [1.29, 1.82) is 0 Å². The highest BCUT2D eigenvalue weighted by molar-refractivity contribution is 5.38. The van der Waals surface area contributed by atoms with E-state index in [1.165, 1.54) is 6.42 Å². The molecule has 0 radical (unpaired) electrons. The number of nitrogens with zero attached hydrogens (tertiary/aromatic N) is 3. The topological polar surface area (TPSA) is 41.1 Å². The number of aromatic nitrogens is 2. The summed E-state index contributed by atoms with van der Waals surface area (Å²) < 4.78 is 0. The lowest BCUT2D eigenvalue weighted by molar-refractivity contribution is 0.295. The molecule has 4 nitrogen and oxygen atoms in total. The SMILES string of the molecule is CNCc1cncc(N2CC(C)CC(C)C2C)n1. The van der Waals surface area contributed by atoms with Gasteiger partial charge < -0.3 is 10.2 Å². The largest absolute Gasteiger partial charge is 0.352 e. The summed E-state index contributed by atoms with van der Waals surface area (Å²) in [6.07, 6.45) is 5.03. The van der Waals surface area contributed by atoms with E-state index in [-0.39, 0.29) is 0 Å². The third-order valence-corrected chi connectivity index (χ3v) is 3.92. The monoisotopic (exact) mass is 248 g/mol. The van der Waals surface area contributed by atoms with Crippen molar-refractivity contribution >= 4 is 5.82 Å². The van der Waals surface area contributed by atoms with Gasteiger partial charge in [-0.15, -0.1) is 0 Å². The Morgan fingerprint density at radius 1 is 1.33 bits per heavy atom. The molecule has 1 saturated heterocycles. The molecule has 4 heteroatoms. The molecule has 0 aromatic carbocycles. The Kier molecular flexibility index (Phi) is 4.17. The van der Waals surface area contributed by atoms with Gasteiger partial charge in [-0.05, 0) is 32.2 Å². The van der Waals surface area contributed by atoms with Crippen LogP contribution in [0, 0.1) is 11.8 Å². The number of hydrogen-bond acceptors (Lipinski definition) is 4. The fraction of sp³-hybridized carbons (Fsp3) is 0.714. The smallest absolute Gasteiger partial charge is 0.147 e. The number of piperidine rings is 1. The highest BCUT2D eigenvalue weighted by Gasteiger charge is 2.29. The average molecular weight is 248 g/mol. The molecule has 100 valence electrons. The quantitative estimate of drug-likeness (QED) is 0.889. The van der Waals surface area contributed by atoms with Crippen molar-refractivity contribution in [1.82, 2.24) is 15.3 Å². The van der Waals surface area contributed by atoms with Crippen LogP contribution >= 0.6 is 0 Å². The van der Waals surface area contributed by atoms with Crippen molar-refractivity contribution in [2.24, 2.45) is 11.8 Å². The Morgan fingerprint density at radius 2 is 2.11 bits per heavy atom. The van der Waals surface area contributed by atoms with Crippen LogP contribution in [0.5, 0.6) is 0 Å². The van der Waals surface area contributed by atoms with Gasteiger partial charge in [0.25, 0.3) is 0 Å². The summed E-state index contributed by atoms with van der Waals surface area (Å²) in [5, 5.41) is 3.12. The van der Waals surface area contributed by atoms with Crippen LogP contribution in [-0.2, 0) is 6.54 Å². The van der Waals surface area contributed by atoms with E-state index >= 15 is 0 Å². The minimum absolute atomic E-state index is 0.542. The molecule has 1 aromatic heterocycles. The van der Waals surface area contributed by atoms with Crippen LogP contribution in [0.1, 0.15) is 32.9 Å². The standard InChI is InChI=1S/C14H24N4/c1-10-5-11(2)12(3)18(9-10)14-8-16-7-13(17-14)6-15-4/h7-8,10-12,15H,5-6,9H2,1-4H3. The molecule has 1 N–H and O–H groups in total. The summed E-state index contributed by atoms with van der Waals surface area (Å²) in [6, 6.07) is 0.542. The first kappa shape index (κ1) is 13.3. The average Bonchev–Trinajstić information content (AvgIpc) is 2.34. The van der Waals surface area contributed by atoms with Crippen LogP contribution in [-0.4, -0.2) is 29.6 Å². The van der Waals surface area contributed by atoms with E-state index in [2.05, 4.69) is 36.0 Å². The molecule has 1 fully saturated rings. The van der Waals surface area contributed by atoms with E-state index in [0.29, 0.717) is 12.0 Å². The lowest BCUT2D eigenvalue weighted by Crippen LogP contribution is -2.46.